The third kappa shape index (κ3) is 4.77. The molecule has 10 heteroatoms. The van der Waals surface area contributed by atoms with Crippen LogP contribution in [-0.2, 0) is 11.2 Å². The highest BCUT2D eigenvalue weighted by atomic mass is 19.1. The molecular formula is C25H24F2N6O2. The van der Waals surface area contributed by atoms with E-state index >= 15 is 0 Å². The number of carbonyl (C=O) groups excluding carboxylic acids is 1. The molecule has 2 aromatic carbocycles. The summed E-state index contributed by atoms with van der Waals surface area (Å²) >= 11 is 0. The number of H-pyrrole nitrogens is 1. The van der Waals surface area contributed by atoms with Gasteiger partial charge in [0.25, 0.3) is 0 Å². The number of fused-ring (bicyclic) bond motifs is 1. The Morgan fingerprint density at radius 2 is 2.00 bits per heavy atom. The molecule has 0 aliphatic carbocycles. The van der Waals surface area contributed by atoms with Crippen LogP contribution in [0.1, 0.15) is 18.4 Å². The number of aromatic amines is 1. The van der Waals surface area contributed by atoms with Crippen molar-refractivity contribution in [3.63, 3.8) is 0 Å². The number of methoxy groups -OCH3 is 1. The minimum atomic E-state index is -0.699. The van der Waals surface area contributed by atoms with Crippen molar-refractivity contribution in [1.82, 2.24) is 25.1 Å². The fourth-order valence-corrected chi connectivity index (χ4v) is 4.33. The highest BCUT2D eigenvalue weighted by Gasteiger charge is 2.24. The number of carbonyl (C=O) groups is 1. The van der Waals surface area contributed by atoms with Crippen molar-refractivity contribution in [2.24, 2.45) is 0 Å². The highest BCUT2D eigenvalue weighted by molar-refractivity contribution is 5.92. The minimum absolute atomic E-state index is 0.0856. The molecule has 1 amide bonds. The van der Waals surface area contributed by atoms with E-state index in [1.807, 2.05) is 24.3 Å². The Morgan fingerprint density at radius 3 is 2.77 bits per heavy atom. The zero-order valence-electron chi connectivity index (χ0n) is 19.1. The van der Waals surface area contributed by atoms with Crippen molar-refractivity contribution in [3.05, 3.63) is 65.9 Å². The van der Waals surface area contributed by atoms with Gasteiger partial charge in [0.1, 0.15) is 17.4 Å². The van der Waals surface area contributed by atoms with Crippen LogP contribution in [0.2, 0.25) is 0 Å². The predicted octanol–water partition coefficient (Wildman–Crippen LogP) is 3.95. The lowest BCUT2D eigenvalue weighted by Crippen LogP contribution is -2.43. The number of hydrogen-bond donors (Lipinski definition) is 2. The van der Waals surface area contributed by atoms with Gasteiger partial charge in [-0.2, -0.15) is 10.1 Å². The molecule has 35 heavy (non-hydrogen) atoms. The number of halogens is 2. The van der Waals surface area contributed by atoms with Crippen molar-refractivity contribution in [3.8, 4) is 17.0 Å². The number of benzene rings is 2. The molecule has 2 N–H and O–H groups in total. The summed E-state index contributed by atoms with van der Waals surface area (Å²) in [5.74, 6) is -0.337. The summed E-state index contributed by atoms with van der Waals surface area (Å²) in [5, 5.41) is 11.5. The smallest absolute Gasteiger partial charge is 0.227 e. The molecule has 180 valence electrons. The molecule has 0 saturated carbocycles. The highest BCUT2D eigenvalue weighted by Crippen LogP contribution is 2.32. The van der Waals surface area contributed by atoms with Gasteiger partial charge in [-0.25, -0.2) is 13.8 Å². The molecule has 1 aliphatic heterocycles. The SMILES string of the molecule is COc1ccccc1-c1[nH]nc2nc(NC3CCN(C(=O)Cc4ccc(F)cc4F)CC3)ncc12. The summed E-state index contributed by atoms with van der Waals surface area (Å²) in [6.45, 7) is 1.06. The second-order valence-electron chi connectivity index (χ2n) is 8.44. The van der Waals surface area contributed by atoms with Crippen molar-refractivity contribution in [2.45, 2.75) is 25.3 Å². The molecule has 1 saturated heterocycles. The Morgan fingerprint density at radius 1 is 1.20 bits per heavy atom. The van der Waals surface area contributed by atoms with Gasteiger partial charge in [-0.15, -0.1) is 0 Å². The number of likely N-dealkylation sites (tertiary alicyclic amines) is 1. The Balaban J connectivity index is 1.21. The third-order valence-corrected chi connectivity index (χ3v) is 6.23. The minimum Gasteiger partial charge on any atom is -0.496 e. The van der Waals surface area contributed by atoms with E-state index in [2.05, 4.69) is 25.5 Å². The number of nitrogens with one attached hydrogen (secondary N) is 2. The van der Waals surface area contributed by atoms with Crippen LogP contribution < -0.4 is 10.1 Å². The number of hydrogen-bond acceptors (Lipinski definition) is 6. The number of piperidine rings is 1. The first-order valence-electron chi connectivity index (χ1n) is 11.3. The van der Waals surface area contributed by atoms with E-state index in [-0.39, 0.29) is 23.9 Å². The van der Waals surface area contributed by atoms with E-state index in [9.17, 15) is 13.6 Å². The summed E-state index contributed by atoms with van der Waals surface area (Å²) in [6, 6.07) is 11.0. The monoisotopic (exact) mass is 478 g/mol. The number of amides is 1. The summed E-state index contributed by atoms with van der Waals surface area (Å²) < 4.78 is 32.4. The molecule has 0 unspecified atom stereocenters. The topological polar surface area (TPSA) is 96.0 Å². The lowest BCUT2D eigenvalue weighted by atomic mass is 10.0. The fraction of sp³-hybridized carbons (Fsp3) is 0.280. The van der Waals surface area contributed by atoms with Crippen LogP contribution in [0.25, 0.3) is 22.3 Å². The van der Waals surface area contributed by atoms with E-state index in [1.54, 1.807) is 18.2 Å². The molecule has 2 aromatic heterocycles. The van der Waals surface area contributed by atoms with E-state index in [0.717, 1.165) is 34.5 Å². The van der Waals surface area contributed by atoms with Gasteiger partial charge in [0, 0.05) is 37.0 Å². The van der Waals surface area contributed by atoms with Gasteiger partial charge in [-0.1, -0.05) is 18.2 Å². The van der Waals surface area contributed by atoms with Crippen molar-refractivity contribution in [1.29, 1.82) is 0 Å². The molecule has 1 aliphatic rings. The van der Waals surface area contributed by atoms with Crippen molar-refractivity contribution < 1.29 is 18.3 Å². The molecular weight excluding hydrogens is 454 g/mol. The Bertz CT molecular complexity index is 1370. The van der Waals surface area contributed by atoms with Crippen molar-refractivity contribution in [2.75, 3.05) is 25.5 Å². The zero-order valence-corrected chi connectivity index (χ0v) is 19.1. The normalized spacial score (nSPS) is 14.3. The average molecular weight is 479 g/mol. The van der Waals surface area contributed by atoms with Crippen LogP contribution in [0.5, 0.6) is 5.75 Å². The lowest BCUT2D eigenvalue weighted by molar-refractivity contribution is -0.131. The number of para-hydroxylation sites is 1. The van der Waals surface area contributed by atoms with Gasteiger partial charge in [-0.05, 0) is 36.6 Å². The molecule has 1 fully saturated rings. The summed E-state index contributed by atoms with van der Waals surface area (Å²) in [6.07, 6.45) is 3.04. The maximum atomic E-state index is 13.9. The third-order valence-electron chi connectivity index (χ3n) is 6.23. The lowest BCUT2D eigenvalue weighted by Gasteiger charge is -2.32. The molecule has 4 aromatic rings. The van der Waals surface area contributed by atoms with E-state index in [0.29, 0.717) is 37.5 Å². The quantitative estimate of drug-likeness (QED) is 0.436. The zero-order chi connectivity index (χ0) is 24.4. The van der Waals surface area contributed by atoms with Crippen LogP contribution >= 0.6 is 0 Å². The molecule has 3 heterocycles. The van der Waals surface area contributed by atoms with Crippen LogP contribution in [0, 0.1) is 11.6 Å². The summed E-state index contributed by atoms with van der Waals surface area (Å²) in [4.78, 5) is 23.3. The van der Waals surface area contributed by atoms with E-state index in [1.165, 1.54) is 6.07 Å². The fourth-order valence-electron chi connectivity index (χ4n) is 4.33. The molecule has 8 nitrogen and oxygen atoms in total. The van der Waals surface area contributed by atoms with Gasteiger partial charge in [0.2, 0.25) is 11.9 Å². The molecule has 0 spiro atoms. The number of nitrogens with zero attached hydrogens (tertiary/aromatic N) is 4. The summed E-state index contributed by atoms with van der Waals surface area (Å²) in [5.41, 5.74) is 2.40. The largest absolute Gasteiger partial charge is 0.496 e. The molecule has 0 bridgehead atoms. The van der Waals surface area contributed by atoms with Gasteiger partial charge in [-0.3, -0.25) is 9.89 Å². The number of anilines is 1. The van der Waals surface area contributed by atoms with Crippen LogP contribution in [0.3, 0.4) is 0 Å². The van der Waals surface area contributed by atoms with Gasteiger partial charge >= 0.3 is 0 Å². The van der Waals surface area contributed by atoms with E-state index < -0.39 is 11.6 Å². The number of rotatable bonds is 6. The first-order valence-corrected chi connectivity index (χ1v) is 11.3. The van der Waals surface area contributed by atoms with Crippen LogP contribution in [-0.4, -0.2) is 57.2 Å². The molecule has 0 radical (unpaired) electrons. The van der Waals surface area contributed by atoms with Gasteiger partial charge < -0.3 is 15.0 Å². The Kier molecular flexibility index (Phi) is 6.26. The van der Waals surface area contributed by atoms with Gasteiger partial charge in [0.05, 0.1) is 24.6 Å². The van der Waals surface area contributed by atoms with E-state index in [4.69, 9.17) is 4.74 Å². The number of aromatic nitrogens is 4. The van der Waals surface area contributed by atoms with Crippen molar-refractivity contribution >= 4 is 22.9 Å². The standard InChI is InChI=1S/C25H24F2N6O2/c1-35-21-5-3-2-4-18(21)23-19-14-28-25(30-24(19)32-31-23)29-17-8-10-33(11-9-17)22(34)12-15-6-7-16(26)13-20(15)27/h2-7,13-14,17H,8-12H2,1H3,(H2,28,29,30,31,32). The second-order valence-corrected chi connectivity index (χ2v) is 8.44. The predicted molar refractivity (Wildman–Crippen MR) is 127 cm³/mol. The molecule has 5 rings (SSSR count). The van der Waals surface area contributed by atoms with Crippen LogP contribution in [0.4, 0.5) is 14.7 Å². The van der Waals surface area contributed by atoms with Gasteiger partial charge in [0.15, 0.2) is 5.65 Å². The second kappa shape index (κ2) is 9.65. The maximum Gasteiger partial charge on any atom is 0.227 e. The molecule has 0 atom stereocenters. The van der Waals surface area contributed by atoms with Crippen LogP contribution in [0.15, 0.2) is 48.7 Å². The summed E-state index contributed by atoms with van der Waals surface area (Å²) in [7, 11) is 1.62. The Labute approximate surface area is 200 Å². The maximum absolute atomic E-state index is 13.9. The number of ether oxygens (including phenoxy) is 1. The first kappa shape index (κ1) is 22.7. The average Bonchev–Trinajstić information content (AvgIpc) is 3.29. The Hall–Kier alpha value is -4.08. The first-order chi connectivity index (χ1) is 17.0.